The smallest absolute Gasteiger partial charge is 0.269 e. The van der Waals surface area contributed by atoms with Gasteiger partial charge >= 0.3 is 0 Å². The molecule has 130 valence electrons. The lowest BCUT2D eigenvalue weighted by atomic mass is 10.1. The summed E-state index contributed by atoms with van der Waals surface area (Å²) in [6, 6.07) is 13.6. The number of fused-ring (bicyclic) bond motifs is 1. The predicted octanol–water partition coefficient (Wildman–Crippen LogP) is 4.06. The molecule has 0 saturated carbocycles. The van der Waals surface area contributed by atoms with Gasteiger partial charge in [0.25, 0.3) is 5.91 Å². The van der Waals surface area contributed by atoms with Crippen molar-refractivity contribution in [3.05, 3.63) is 65.4 Å². The fourth-order valence-electron chi connectivity index (χ4n) is 2.77. The summed E-state index contributed by atoms with van der Waals surface area (Å²) in [5, 5.41) is 6.95. The molecule has 7 heteroatoms. The molecule has 0 spiro atoms. The van der Waals surface area contributed by atoms with Crippen molar-refractivity contribution in [1.82, 2.24) is 19.0 Å². The van der Waals surface area contributed by atoms with Crippen molar-refractivity contribution in [2.24, 2.45) is 0 Å². The van der Waals surface area contributed by atoms with E-state index in [0.29, 0.717) is 4.88 Å². The summed E-state index contributed by atoms with van der Waals surface area (Å²) in [6.45, 7) is 2.05. The molecular weight excluding hydrogens is 346 g/mol. The third kappa shape index (κ3) is 3.21. The summed E-state index contributed by atoms with van der Waals surface area (Å²) in [7, 11) is 0. The van der Waals surface area contributed by atoms with Gasteiger partial charge in [-0.1, -0.05) is 36.0 Å². The van der Waals surface area contributed by atoms with Gasteiger partial charge in [0.05, 0.1) is 11.4 Å². The Labute approximate surface area is 154 Å². The van der Waals surface area contributed by atoms with E-state index in [9.17, 15) is 4.79 Å². The number of nitrogens with zero attached hydrogens (tertiary/aromatic N) is 4. The highest BCUT2D eigenvalue weighted by Crippen LogP contribution is 2.22. The molecule has 1 aromatic carbocycles. The molecule has 0 radical (unpaired) electrons. The number of aromatic nitrogens is 4. The highest BCUT2D eigenvalue weighted by Gasteiger charge is 2.16. The molecule has 3 heterocycles. The minimum absolute atomic E-state index is 0.163. The minimum Gasteiger partial charge on any atom is -0.321 e. The quantitative estimate of drug-likeness (QED) is 0.580. The summed E-state index contributed by atoms with van der Waals surface area (Å²) >= 11 is 1.13. The zero-order valence-corrected chi connectivity index (χ0v) is 15.0. The van der Waals surface area contributed by atoms with E-state index < -0.39 is 0 Å². The van der Waals surface area contributed by atoms with Gasteiger partial charge in [0.1, 0.15) is 10.5 Å². The number of carbonyl (C=O) groups is 1. The second-order valence-electron chi connectivity index (χ2n) is 5.92. The van der Waals surface area contributed by atoms with Crippen molar-refractivity contribution in [3.63, 3.8) is 0 Å². The van der Waals surface area contributed by atoms with Crippen molar-refractivity contribution in [2.75, 3.05) is 5.32 Å². The molecule has 4 aromatic rings. The van der Waals surface area contributed by atoms with E-state index in [-0.39, 0.29) is 5.91 Å². The predicted molar refractivity (Wildman–Crippen MR) is 102 cm³/mol. The summed E-state index contributed by atoms with van der Waals surface area (Å²) in [5.41, 5.74) is 4.29. The summed E-state index contributed by atoms with van der Waals surface area (Å²) in [5.74, 6) is -0.163. The molecule has 1 amide bonds. The lowest BCUT2D eigenvalue weighted by molar-refractivity contribution is 0.102. The SMILES string of the molecule is CCCc1nnsc1C(=O)Nc1ccc(-c2cn3ccccc3n2)cc1. The normalized spacial score (nSPS) is 11.0. The van der Waals surface area contributed by atoms with Gasteiger partial charge in [0, 0.05) is 23.6 Å². The fourth-order valence-corrected chi connectivity index (χ4v) is 3.37. The van der Waals surface area contributed by atoms with Crippen molar-refractivity contribution < 1.29 is 4.79 Å². The maximum absolute atomic E-state index is 12.4. The Hall–Kier alpha value is -3.06. The van der Waals surface area contributed by atoms with Crippen molar-refractivity contribution >= 4 is 28.8 Å². The monoisotopic (exact) mass is 363 g/mol. The topological polar surface area (TPSA) is 72.2 Å². The molecule has 26 heavy (non-hydrogen) atoms. The van der Waals surface area contributed by atoms with E-state index in [0.717, 1.165) is 52.7 Å². The fraction of sp³-hybridized carbons (Fsp3) is 0.158. The molecule has 0 aliphatic rings. The van der Waals surface area contributed by atoms with Crippen LogP contribution in [0.3, 0.4) is 0 Å². The van der Waals surface area contributed by atoms with E-state index in [4.69, 9.17) is 0 Å². The first-order valence-corrected chi connectivity index (χ1v) is 9.18. The first-order valence-electron chi connectivity index (χ1n) is 8.41. The van der Waals surface area contributed by atoms with Crippen LogP contribution in [0.25, 0.3) is 16.9 Å². The lowest BCUT2D eigenvalue weighted by Crippen LogP contribution is -2.12. The maximum Gasteiger partial charge on any atom is 0.269 e. The number of hydrogen-bond acceptors (Lipinski definition) is 5. The van der Waals surface area contributed by atoms with E-state index >= 15 is 0 Å². The van der Waals surface area contributed by atoms with Crippen LogP contribution < -0.4 is 5.32 Å². The highest BCUT2D eigenvalue weighted by molar-refractivity contribution is 7.08. The number of pyridine rings is 1. The van der Waals surface area contributed by atoms with E-state index in [1.807, 2.05) is 59.3 Å². The third-order valence-corrected chi connectivity index (χ3v) is 4.82. The second-order valence-corrected chi connectivity index (χ2v) is 6.68. The molecule has 4 rings (SSSR count). The van der Waals surface area contributed by atoms with Crippen LogP contribution in [0.15, 0.2) is 54.9 Å². The molecule has 0 unspecified atom stereocenters. The van der Waals surface area contributed by atoms with E-state index in [1.165, 1.54) is 0 Å². The maximum atomic E-state index is 12.4. The molecule has 0 bridgehead atoms. The van der Waals surface area contributed by atoms with Crippen LogP contribution in [-0.4, -0.2) is 24.9 Å². The molecule has 0 aliphatic heterocycles. The Morgan fingerprint density at radius 2 is 2.04 bits per heavy atom. The molecular formula is C19H17N5OS. The summed E-state index contributed by atoms with van der Waals surface area (Å²) in [4.78, 5) is 17.6. The van der Waals surface area contributed by atoms with Crippen LogP contribution in [0.4, 0.5) is 5.69 Å². The second kappa shape index (κ2) is 7.05. The minimum atomic E-state index is -0.163. The van der Waals surface area contributed by atoms with Crippen LogP contribution in [0.5, 0.6) is 0 Å². The molecule has 0 atom stereocenters. The molecule has 0 fully saturated rings. The zero-order chi connectivity index (χ0) is 17.9. The molecule has 1 N–H and O–H groups in total. The lowest BCUT2D eigenvalue weighted by Gasteiger charge is -2.05. The van der Waals surface area contributed by atoms with Gasteiger partial charge in [-0.3, -0.25) is 4.79 Å². The number of anilines is 1. The Morgan fingerprint density at radius 1 is 1.19 bits per heavy atom. The van der Waals surface area contributed by atoms with Crippen molar-refractivity contribution in [2.45, 2.75) is 19.8 Å². The first-order chi connectivity index (χ1) is 12.7. The number of nitrogens with one attached hydrogen (secondary N) is 1. The number of benzene rings is 1. The summed E-state index contributed by atoms with van der Waals surface area (Å²) in [6.07, 6.45) is 5.64. The van der Waals surface area contributed by atoms with Crippen LogP contribution in [0, 0.1) is 0 Å². The van der Waals surface area contributed by atoms with Gasteiger partial charge in [-0.2, -0.15) is 0 Å². The first kappa shape index (κ1) is 16.4. The zero-order valence-electron chi connectivity index (χ0n) is 14.2. The van der Waals surface area contributed by atoms with Crippen molar-refractivity contribution in [3.8, 4) is 11.3 Å². The van der Waals surface area contributed by atoms with Gasteiger partial charge in [-0.15, -0.1) is 5.10 Å². The molecule has 0 aliphatic carbocycles. The third-order valence-electron chi connectivity index (χ3n) is 4.05. The summed E-state index contributed by atoms with van der Waals surface area (Å²) < 4.78 is 5.88. The van der Waals surface area contributed by atoms with Crippen molar-refractivity contribution in [1.29, 1.82) is 0 Å². The number of aryl methyl sites for hydroxylation is 1. The average Bonchev–Trinajstić information content (AvgIpc) is 3.29. The Balaban J connectivity index is 1.52. The van der Waals surface area contributed by atoms with Crippen LogP contribution in [0.1, 0.15) is 28.7 Å². The van der Waals surface area contributed by atoms with E-state index in [2.05, 4.69) is 26.8 Å². The molecule has 6 nitrogen and oxygen atoms in total. The van der Waals surface area contributed by atoms with E-state index in [1.54, 1.807) is 0 Å². The Morgan fingerprint density at radius 3 is 2.81 bits per heavy atom. The average molecular weight is 363 g/mol. The van der Waals surface area contributed by atoms with Crippen LogP contribution in [-0.2, 0) is 6.42 Å². The van der Waals surface area contributed by atoms with Gasteiger partial charge < -0.3 is 9.72 Å². The van der Waals surface area contributed by atoms with Gasteiger partial charge in [0.2, 0.25) is 0 Å². The van der Waals surface area contributed by atoms with Gasteiger partial charge in [-0.25, -0.2) is 4.98 Å². The van der Waals surface area contributed by atoms with Crippen LogP contribution in [0.2, 0.25) is 0 Å². The standard InChI is InChI=1S/C19H17N5OS/c1-2-5-15-18(26-23-22-15)19(25)20-14-9-7-13(8-10-14)16-12-24-11-4-3-6-17(24)21-16/h3-4,6-12H,2,5H2,1H3,(H,20,25). The van der Waals surface area contributed by atoms with Gasteiger partial charge in [0.15, 0.2) is 0 Å². The molecule has 0 saturated heterocycles. The number of imidazole rings is 1. The number of amides is 1. The Bertz CT molecular complexity index is 1020. The number of rotatable bonds is 5. The molecule has 3 aromatic heterocycles. The number of carbonyl (C=O) groups excluding carboxylic acids is 1. The van der Waals surface area contributed by atoms with Gasteiger partial charge in [-0.05, 0) is 42.2 Å². The highest BCUT2D eigenvalue weighted by atomic mass is 32.1. The largest absolute Gasteiger partial charge is 0.321 e. The number of hydrogen-bond donors (Lipinski definition) is 1. The Kier molecular flexibility index (Phi) is 4.45. The van der Waals surface area contributed by atoms with Crippen LogP contribution >= 0.6 is 11.5 Å².